The normalized spacial score (nSPS) is 22.2. The van der Waals surface area contributed by atoms with E-state index < -0.39 is 0 Å². The van der Waals surface area contributed by atoms with Crippen molar-refractivity contribution in [1.82, 2.24) is 43.2 Å². The molecule has 6 heterocycles. The molecular weight excluding hydrogens is 594 g/mol. The topological polar surface area (TPSA) is 95.9 Å². The smallest absolute Gasteiger partial charge is 0.203 e. The Morgan fingerprint density at radius 1 is 0.610 bits per heavy atom. The first kappa shape index (κ1) is 32.8. The standard InChI is InChI=1S/C10H17N3S.C9H14ClN3S.C9H15N3S/c1-8-11-9(12-14-8)10(2)4-6-13(3)7-5-10;1-9(3-5-13(2)6-4-9)7-11-8(10)14-12-7;1-7-11-8(12-13-7)9(2)3-5-10-6-4-9/h4-7H2,1-3H3;3-6H2,1-2H3;10H,3-6H2,1-2H3. The monoisotopic (exact) mass is 639 g/mol. The predicted molar refractivity (Wildman–Crippen MR) is 172 cm³/mol. The van der Waals surface area contributed by atoms with Crippen LogP contribution in [0.4, 0.5) is 0 Å². The highest BCUT2D eigenvalue weighted by Gasteiger charge is 2.35. The molecule has 0 atom stereocenters. The zero-order valence-electron chi connectivity index (χ0n) is 25.7. The third-order valence-electron chi connectivity index (χ3n) is 8.96. The summed E-state index contributed by atoms with van der Waals surface area (Å²) in [5, 5.41) is 5.53. The van der Waals surface area contributed by atoms with E-state index in [9.17, 15) is 0 Å². The van der Waals surface area contributed by atoms with Crippen molar-refractivity contribution in [2.24, 2.45) is 0 Å². The SMILES string of the molecule is CN1CCC(C)(c2nsc(Cl)n2)CC1.Cc1nc(C2(C)CCN(C)CC2)ns1.Cc1nc(C2(C)CCNCC2)ns1. The van der Waals surface area contributed by atoms with E-state index in [0.29, 0.717) is 4.47 Å². The number of hydrogen-bond acceptors (Lipinski definition) is 12. The molecular formula is C28H46ClN9S3. The van der Waals surface area contributed by atoms with Gasteiger partial charge in [-0.3, -0.25) is 0 Å². The van der Waals surface area contributed by atoms with Gasteiger partial charge >= 0.3 is 0 Å². The van der Waals surface area contributed by atoms with Crippen LogP contribution in [0.1, 0.15) is 86.8 Å². The molecule has 3 aliphatic heterocycles. The average Bonchev–Trinajstić information content (AvgIpc) is 3.71. The van der Waals surface area contributed by atoms with Gasteiger partial charge in [0.2, 0.25) is 4.47 Å². The van der Waals surface area contributed by atoms with Crippen molar-refractivity contribution in [2.45, 2.75) is 89.4 Å². The summed E-state index contributed by atoms with van der Waals surface area (Å²) in [7, 11) is 4.33. The number of nitrogens with one attached hydrogen (secondary N) is 1. The minimum atomic E-state index is 0.135. The van der Waals surface area contributed by atoms with E-state index in [2.05, 4.69) is 78.1 Å². The summed E-state index contributed by atoms with van der Waals surface area (Å²) in [6.07, 6.45) is 6.92. The number of nitrogens with zero attached hydrogens (tertiary/aromatic N) is 8. The third-order valence-corrected chi connectivity index (χ3v) is 11.0. The minimum absolute atomic E-state index is 0.135. The molecule has 9 nitrogen and oxygen atoms in total. The van der Waals surface area contributed by atoms with Crippen LogP contribution in [0.5, 0.6) is 0 Å². The lowest BCUT2D eigenvalue weighted by Crippen LogP contribution is -2.39. The number of hydrogen-bond donors (Lipinski definition) is 1. The summed E-state index contributed by atoms with van der Waals surface area (Å²) in [6, 6.07) is 0. The largest absolute Gasteiger partial charge is 0.317 e. The Morgan fingerprint density at radius 3 is 1.32 bits per heavy atom. The van der Waals surface area contributed by atoms with Crippen molar-refractivity contribution in [3.63, 3.8) is 0 Å². The molecule has 228 valence electrons. The maximum absolute atomic E-state index is 5.80. The average molecular weight is 640 g/mol. The lowest BCUT2D eigenvalue weighted by Gasteiger charge is -2.35. The highest BCUT2D eigenvalue weighted by molar-refractivity contribution is 7.10. The summed E-state index contributed by atoms with van der Waals surface area (Å²) in [5.74, 6) is 3.05. The number of aromatic nitrogens is 6. The Morgan fingerprint density at radius 2 is 0.976 bits per heavy atom. The molecule has 13 heteroatoms. The Bertz CT molecular complexity index is 1160. The minimum Gasteiger partial charge on any atom is -0.317 e. The molecule has 3 aliphatic rings. The van der Waals surface area contributed by atoms with Crippen LogP contribution in [0, 0.1) is 13.8 Å². The van der Waals surface area contributed by atoms with Gasteiger partial charge in [-0.15, -0.1) is 0 Å². The third kappa shape index (κ3) is 8.70. The Balaban J connectivity index is 0.000000142. The van der Waals surface area contributed by atoms with Crippen LogP contribution < -0.4 is 5.32 Å². The second-order valence-electron chi connectivity index (χ2n) is 12.7. The Kier molecular flexibility index (Phi) is 11.3. The second kappa shape index (κ2) is 14.1. The van der Waals surface area contributed by atoms with Crippen LogP contribution in [0.2, 0.25) is 4.47 Å². The van der Waals surface area contributed by atoms with E-state index in [4.69, 9.17) is 11.6 Å². The number of halogens is 1. The zero-order valence-corrected chi connectivity index (χ0v) is 28.9. The summed E-state index contributed by atoms with van der Waals surface area (Å²) >= 11 is 10.1. The van der Waals surface area contributed by atoms with Crippen LogP contribution >= 0.6 is 46.2 Å². The first-order valence-corrected chi connectivity index (χ1v) is 17.3. The highest BCUT2D eigenvalue weighted by atomic mass is 35.5. The van der Waals surface area contributed by atoms with Gasteiger partial charge in [0.15, 0.2) is 0 Å². The molecule has 3 aromatic heterocycles. The quantitative estimate of drug-likeness (QED) is 0.399. The lowest BCUT2D eigenvalue weighted by atomic mass is 9.80. The molecule has 0 spiro atoms. The van der Waals surface area contributed by atoms with E-state index in [1.54, 1.807) is 0 Å². The van der Waals surface area contributed by atoms with Crippen LogP contribution in [-0.2, 0) is 16.2 Å². The molecule has 0 saturated carbocycles. The van der Waals surface area contributed by atoms with E-state index in [1.165, 1.54) is 47.4 Å². The fraction of sp³-hybridized carbons (Fsp3) is 0.786. The maximum atomic E-state index is 5.80. The van der Waals surface area contributed by atoms with Gasteiger partial charge in [0, 0.05) is 16.2 Å². The molecule has 0 bridgehead atoms. The van der Waals surface area contributed by atoms with Crippen LogP contribution in [-0.4, -0.2) is 91.2 Å². The van der Waals surface area contributed by atoms with Crippen LogP contribution in [0.25, 0.3) is 0 Å². The predicted octanol–water partition coefficient (Wildman–Crippen LogP) is 5.49. The van der Waals surface area contributed by atoms with Gasteiger partial charge < -0.3 is 15.1 Å². The summed E-state index contributed by atoms with van der Waals surface area (Å²) in [6.45, 7) is 17.6. The van der Waals surface area contributed by atoms with E-state index >= 15 is 0 Å². The van der Waals surface area contributed by atoms with Crippen LogP contribution in [0.15, 0.2) is 0 Å². The molecule has 0 aromatic carbocycles. The van der Waals surface area contributed by atoms with E-state index in [0.717, 1.165) is 92.4 Å². The number of likely N-dealkylation sites (tertiary alicyclic amines) is 2. The van der Waals surface area contributed by atoms with E-state index in [-0.39, 0.29) is 16.2 Å². The summed E-state index contributed by atoms with van der Waals surface area (Å²) < 4.78 is 13.7. The maximum Gasteiger partial charge on any atom is 0.203 e. The van der Waals surface area contributed by atoms with Crippen molar-refractivity contribution in [1.29, 1.82) is 0 Å². The zero-order chi connectivity index (χ0) is 29.7. The van der Waals surface area contributed by atoms with Crippen molar-refractivity contribution in [2.75, 3.05) is 53.4 Å². The van der Waals surface area contributed by atoms with E-state index in [1.807, 2.05) is 13.8 Å². The summed E-state index contributed by atoms with van der Waals surface area (Å²) in [5.41, 5.74) is 0.573. The Hall–Kier alpha value is -1.15. The molecule has 41 heavy (non-hydrogen) atoms. The van der Waals surface area contributed by atoms with Gasteiger partial charge in [-0.1, -0.05) is 20.8 Å². The molecule has 1 N–H and O–H groups in total. The van der Waals surface area contributed by atoms with Crippen molar-refractivity contribution in [3.8, 4) is 0 Å². The number of rotatable bonds is 3. The highest BCUT2D eigenvalue weighted by Crippen LogP contribution is 2.35. The molecule has 0 amide bonds. The lowest BCUT2D eigenvalue weighted by molar-refractivity contribution is 0.194. The van der Waals surface area contributed by atoms with Crippen molar-refractivity contribution < 1.29 is 0 Å². The van der Waals surface area contributed by atoms with Gasteiger partial charge in [-0.25, -0.2) is 15.0 Å². The van der Waals surface area contributed by atoms with Gasteiger partial charge in [0.1, 0.15) is 27.5 Å². The molecule has 0 aliphatic carbocycles. The number of aryl methyl sites for hydroxylation is 2. The van der Waals surface area contributed by atoms with Crippen molar-refractivity contribution >= 4 is 46.2 Å². The van der Waals surface area contributed by atoms with Gasteiger partial charge in [-0.05, 0) is 152 Å². The molecule has 0 unspecified atom stereocenters. The second-order valence-corrected chi connectivity index (χ2v) is 15.9. The van der Waals surface area contributed by atoms with Gasteiger partial charge in [0.25, 0.3) is 0 Å². The Labute approximate surface area is 263 Å². The molecule has 6 rings (SSSR count). The molecule has 3 saturated heterocycles. The van der Waals surface area contributed by atoms with Gasteiger partial charge in [0.05, 0.1) is 0 Å². The molecule has 3 fully saturated rings. The molecule has 3 aromatic rings. The first-order valence-electron chi connectivity index (χ1n) is 14.6. The van der Waals surface area contributed by atoms with Crippen LogP contribution in [0.3, 0.4) is 0 Å². The van der Waals surface area contributed by atoms with Gasteiger partial charge in [-0.2, -0.15) is 13.1 Å². The summed E-state index contributed by atoms with van der Waals surface area (Å²) in [4.78, 5) is 18.0. The van der Waals surface area contributed by atoms with Crippen molar-refractivity contribution in [3.05, 3.63) is 32.0 Å². The fourth-order valence-electron chi connectivity index (χ4n) is 5.41. The molecule has 0 radical (unpaired) electrons. The number of piperidine rings is 3. The first-order chi connectivity index (χ1) is 19.4. The fourth-order valence-corrected chi connectivity index (χ4v) is 7.36.